The Hall–Kier alpha value is -1.04. The SMILES string of the molecule is CC(O)(C#CC1=CCCCC1)c1cccc(Br)c1. The first-order valence-corrected chi connectivity index (χ1v) is 7.08. The van der Waals surface area contributed by atoms with Gasteiger partial charge in [0.1, 0.15) is 5.60 Å². The lowest BCUT2D eigenvalue weighted by molar-refractivity contribution is 0.122. The molecule has 0 bridgehead atoms. The topological polar surface area (TPSA) is 20.2 Å². The third-order valence-electron chi connectivity index (χ3n) is 3.14. The van der Waals surface area contributed by atoms with Crippen LogP contribution in [0.4, 0.5) is 0 Å². The summed E-state index contributed by atoms with van der Waals surface area (Å²) in [6, 6.07) is 7.66. The van der Waals surface area contributed by atoms with E-state index in [1.165, 1.54) is 12.8 Å². The molecule has 0 saturated carbocycles. The molecule has 0 heterocycles. The van der Waals surface area contributed by atoms with Crippen LogP contribution in [0.2, 0.25) is 0 Å². The zero-order chi connectivity index (χ0) is 13.0. The van der Waals surface area contributed by atoms with E-state index in [1.54, 1.807) is 6.92 Å². The second-order valence-electron chi connectivity index (χ2n) is 4.81. The molecule has 1 aromatic carbocycles. The fraction of sp³-hybridized carbons (Fsp3) is 0.375. The fourth-order valence-corrected chi connectivity index (χ4v) is 2.42. The molecule has 0 aromatic heterocycles. The van der Waals surface area contributed by atoms with E-state index in [9.17, 15) is 5.11 Å². The molecule has 1 unspecified atom stereocenters. The number of aliphatic hydroxyl groups is 1. The largest absolute Gasteiger partial charge is 0.374 e. The van der Waals surface area contributed by atoms with Crippen LogP contribution in [0.5, 0.6) is 0 Å². The maximum atomic E-state index is 10.4. The molecular weight excluding hydrogens is 288 g/mol. The summed E-state index contributed by atoms with van der Waals surface area (Å²) in [7, 11) is 0. The lowest BCUT2D eigenvalue weighted by Gasteiger charge is -2.17. The first kappa shape index (κ1) is 13.4. The smallest absolute Gasteiger partial charge is 0.148 e. The number of hydrogen-bond acceptors (Lipinski definition) is 1. The van der Waals surface area contributed by atoms with Crippen LogP contribution in [0.25, 0.3) is 0 Å². The highest BCUT2D eigenvalue weighted by Crippen LogP contribution is 2.24. The first-order valence-electron chi connectivity index (χ1n) is 6.28. The van der Waals surface area contributed by atoms with Crippen LogP contribution in [0.1, 0.15) is 38.2 Å². The second-order valence-corrected chi connectivity index (χ2v) is 5.72. The van der Waals surface area contributed by atoms with Crippen molar-refractivity contribution in [2.24, 2.45) is 0 Å². The van der Waals surface area contributed by atoms with Crippen molar-refractivity contribution in [2.75, 3.05) is 0 Å². The van der Waals surface area contributed by atoms with Crippen LogP contribution < -0.4 is 0 Å². The molecule has 0 saturated heterocycles. The van der Waals surface area contributed by atoms with E-state index in [0.29, 0.717) is 0 Å². The Bertz CT molecular complexity index is 517. The Kier molecular flexibility index (Phi) is 4.27. The molecule has 1 N–H and O–H groups in total. The monoisotopic (exact) mass is 304 g/mol. The molecule has 0 amide bonds. The van der Waals surface area contributed by atoms with Crippen LogP contribution in [0.15, 0.2) is 40.4 Å². The summed E-state index contributed by atoms with van der Waals surface area (Å²) in [5, 5.41) is 10.4. The van der Waals surface area contributed by atoms with Gasteiger partial charge in [0.05, 0.1) is 0 Å². The number of rotatable bonds is 1. The number of hydrogen-bond donors (Lipinski definition) is 1. The Morgan fingerprint density at radius 3 is 2.83 bits per heavy atom. The molecule has 1 aliphatic rings. The van der Waals surface area contributed by atoms with Gasteiger partial charge in [0.2, 0.25) is 0 Å². The van der Waals surface area contributed by atoms with Crippen LogP contribution >= 0.6 is 15.9 Å². The average molecular weight is 305 g/mol. The summed E-state index contributed by atoms with van der Waals surface area (Å²) in [6.07, 6.45) is 6.81. The molecule has 2 heteroatoms. The maximum Gasteiger partial charge on any atom is 0.148 e. The van der Waals surface area contributed by atoms with Crippen molar-refractivity contribution in [3.05, 3.63) is 46.0 Å². The first-order chi connectivity index (χ1) is 8.58. The van der Waals surface area contributed by atoms with Gasteiger partial charge in [-0.2, -0.15) is 0 Å². The van der Waals surface area contributed by atoms with Gasteiger partial charge in [0.15, 0.2) is 0 Å². The summed E-state index contributed by atoms with van der Waals surface area (Å²) in [5.74, 6) is 6.11. The van der Waals surface area contributed by atoms with Crippen LogP contribution in [0.3, 0.4) is 0 Å². The van der Waals surface area contributed by atoms with Crippen molar-refractivity contribution < 1.29 is 5.11 Å². The van der Waals surface area contributed by atoms with Gasteiger partial charge in [-0.15, -0.1) is 0 Å². The number of halogens is 1. The minimum absolute atomic E-state index is 0.820. The fourth-order valence-electron chi connectivity index (χ4n) is 2.02. The summed E-state index contributed by atoms with van der Waals surface area (Å²) in [4.78, 5) is 0. The minimum Gasteiger partial charge on any atom is -0.374 e. The molecule has 1 atom stereocenters. The zero-order valence-corrected chi connectivity index (χ0v) is 12.1. The second kappa shape index (κ2) is 5.73. The van der Waals surface area contributed by atoms with Gasteiger partial charge in [-0.05, 0) is 55.9 Å². The third kappa shape index (κ3) is 3.48. The van der Waals surface area contributed by atoms with Crippen LogP contribution in [-0.2, 0) is 5.60 Å². The van der Waals surface area contributed by atoms with Gasteiger partial charge in [0, 0.05) is 4.47 Å². The van der Waals surface area contributed by atoms with Crippen molar-refractivity contribution in [2.45, 2.75) is 38.2 Å². The number of benzene rings is 1. The molecule has 94 valence electrons. The Balaban J connectivity index is 2.21. The molecule has 0 fully saturated rings. The predicted molar refractivity (Wildman–Crippen MR) is 78.0 cm³/mol. The zero-order valence-electron chi connectivity index (χ0n) is 10.5. The van der Waals surface area contributed by atoms with Gasteiger partial charge in [-0.3, -0.25) is 0 Å². The van der Waals surface area contributed by atoms with Gasteiger partial charge in [-0.25, -0.2) is 0 Å². The molecular formula is C16H17BrO. The average Bonchev–Trinajstić information content (AvgIpc) is 2.38. The molecule has 0 spiro atoms. The lowest BCUT2D eigenvalue weighted by atomic mass is 9.94. The maximum absolute atomic E-state index is 10.4. The Labute approximate surface area is 117 Å². The molecule has 1 aliphatic carbocycles. The van der Waals surface area contributed by atoms with Gasteiger partial charge in [-0.1, -0.05) is 46.0 Å². The summed E-state index contributed by atoms with van der Waals surface area (Å²) in [6.45, 7) is 1.74. The van der Waals surface area contributed by atoms with Crippen molar-refractivity contribution in [3.8, 4) is 11.8 Å². The lowest BCUT2D eigenvalue weighted by Crippen LogP contribution is -2.18. The molecule has 0 aliphatic heterocycles. The van der Waals surface area contributed by atoms with Crippen molar-refractivity contribution >= 4 is 15.9 Å². The molecule has 0 radical (unpaired) electrons. The third-order valence-corrected chi connectivity index (χ3v) is 3.64. The van der Waals surface area contributed by atoms with Crippen molar-refractivity contribution in [1.29, 1.82) is 0 Å². The molecule has 2 rings (SSSR count). The van der Waals surface area contributed by atoms with E-state index in [0.717, 1.165) is 28.5 Å². The quantitative estimate of drug-likeness (QED) is 0.772. The van der Waals surface area contributed by atoms with E-state index in [2.05, 4.69) is 33.8 Å². The van der Waals surface area contributed by atoms with Crippen LogP contribution in [0, 0.1) is 11.8 Å². The van der Waals surface area contributed by atoms with E-state index in [4.69, 9.17) is 0 Å². The van der Waals surface area contributed by atoms with E-state index >= 15 is 0 Å². The summed E-state index contributed by atoms with van der Waals surface area (Å²) in [5.41, 5.74) is 0.888. The van der Waals surface area contributed by atoms with Crippen LogP contribution in [-0.4, -0.2) is 5.11 Å². The molecule has 1 aromatic rings. The number of allylic oxidation sites excluding steroid dienone is 2. The summed E-state index contributed by atoms with van der Waals surface area (Å²) < 4.78 is 0.957. The van der Waals surface area contributed by atoms with Crippen molar-refractivity contribution in [3.63, 3.8) is 0 Å². The molecule has 1 nitrogen and oxygen atoms in total. The van der Waals surface area contributed by atoms with E-state index in [-0.39, 0.29) is 0 Å². The van der Waals surface area contributed by atoms with E-state index < -0.39 is 5.60 Å². The minimum atomic E-state index is -1.10. The Morgan fingerprint density at radius 2 is 2.17 bits per heavy atom. The highest BCUT2D eigenvalue weighted by Gasteiger charge is 2.20. The van der Waals surface area contributed by atoms with E-state index in [1.807, 2.05) is 24.3 Å². The molecule has 18 heavy (non-hydrogen) atoms. The normalized spacial score (nSPS) is 18.3. The predicted octanol–water partition coefficient (Wildman–Crippen LogP) is 4.16. The van der Waals surface area contributed by atoms with Crippen molar-refractivity contribution in [1.82, 2.24) is 0 Å². The highest BCUT2D eigenvalue weighted by atomic mass is 79.9. The van der Waals surface area contributed by atoms with Gasteiger partial charge < -0.3 is 5.11 Å². The summed E-state index contributed by atoms with van der Waals surface area (Å²) >= 11 is 3.41. The standard InChI is InChI=1S/C16H17BrO/c1-16(18,14-8-5-9-15(17)12-14)11-10-13-6-3-2-4-7-13/h5-6,8-9,12,18H,2-4,7H2,1H3. The Morgan fingerprint density at radius 1 is 1.33 bits per heavy atom. The highest BCUT2D eigenvalue weighted by molar-refractivity contribution is 9.10. The van der Waals surface area contributed by atoms with Gasteiger partial charge >= 0.3 is 0 Å². The van der Waals surface area contributed by atoms with Gasteiger partial charge in [0.25, 0.3) is 0 Å².